The van der Waals surface area contributed by atoms with E-state index < -0.39 is 5.54 Å². The number of hydrogen-bond acceptors (Lipinski definition) is 7. The summed E-state index contributed by atoms with van der Waals surface area (Å²) in [5.74, 6) is 1.26. The van der Waals surface area contributed by atoms with E-state index in [0.29, 0.717) is 17.8 Å². The van der Waals surface area contributed by atoms with Gasteiger partial charge >= 0.3 is 0 Å². The van der Waals surface area contributed by atoms with Crippen LogP contribution in [0.5, 0.6) is 0 Å². The van der Waals surface area contributed by atoms with Crippen molar-refractivity contribution >= 4 is 11.9 Å². The Bertz CT molecular complexity index is 680. The molecule has 3 rings (SSSR count). The van der Waals surface area contributed by atoms with Crippen molar-refractivity contribution in [1.29, 1.82) is 5.26 Å². The topological polar surface area (TPSA) is 104 Å². The summed E-state index contributed by atoms with van der Waals surface area (Å²) in [7, 11) is 1.75. The molecule has 2 heterocycles. The second-order valence-electron chi connectivity index (χ2n) is 5.72. The average Bonchev–Trinajstić information content (AvgIpc) is 3.02. The highest BCUT2D eigenvalue weighted by molar-refractivity contribution is 5.41. The molecule has 8 nitrogen and oxygen atoms in total. The highest BCUT2D eigenvalue weighted by atomic mass is 15.4. The van der Waals surface area contributed by atoms with Gasteiger partial charge in [-0.15, -0.1) is 0 Å². The van der Waals surface area contributed by atoms with Gasteiger partial charge in [-0.25, -0.2) is 4.68 Å². The third kappa shape index (κ3) is 3.39. The lowest BCUT2D eigenvalue weighted by molar-refractivity contribution is 0.506. The molecule has 8 heteroatoms. The van der Waals surface area contributed by atoms with E-state index >= 15 is 0 Å². The molecule has 1 aliphatic carbocycles. The molecule has 23 heavy (non-hydrogen) atoms. The first kappa shape index (κ1) is 15.2. The van der Waals surface area contributed by atoms with Gasteiger partial charge in [0.1, 0.15) is 5.54 Å². The first-order valence-corrected chi connectivity index (χ1v) is 7.88. The zero-order valence-electron chi connectivity index (χ0n) is 13.2. The summed E-state index contributed by atoms with van der Waals surface area (Å²) < 4.78 is 1.57. The summed E-state index contributed by atoms with van der Waals surface area (Å²) >= 11 is 0. The second-order valence-corrected chi connectivity index (χ2v) is 5.72. The Morgan fingerprint density at radius 3 is 2.48 bits per heavy atom. The standard InChI is InChI=1S/C15H20N8/c1-17-12-19-13(21-14(20-12)23-10-6-9-18-23)22-15(11-16)7-4-2-3-5-8-15/h6,9-10H,2-5,7-8H2,1H3,(H2,17,19,20,21,22). The van der Waals surface area contributed by atoms with Crippen molar-refractivity contribution in [3.8, 4) is 12.0 Å². The van der Waals surface area contributed by atoms with E-state index in [9.17, 15) is 5.26 Å². The summed E-state index contributed by atoms with van der Waals surface area (Å²) in [4.78, 5) is 13.1. The fourth-order valence-corrected chi connectivity index (χ4v) is 2.83. The Labute approximate surface area is 135 Å². The molecule has 0 saturated heterocycles. The number of nitrogens with one attached hydrogen (secondary N) is 2. The van der Waals surface area contributed by atoms with Crippen LogP contribution in [0.3, 0.4) is 0 Å². The van der Waals surface area contributed by atoms with Gasteiger partial charge < -0.3 is 10.6 Å². The lowest BCUT2D eigenvalue weighted by atomic mass is 9.92. The van der Waals surface area contributed by atoms with Gasteiger partial charge in [0.25, 0.3) is 5.95 Å². The highest BCUT2D eigenvalue weighted by Crippen LogP contribution is 2.29. The Hall–Kier alpha value is -2.69. The van der Waals surface area contributed by atoms with Gasteiger partial charge in [0.2, 0.25) is 11.9 Å². The zero-order valence-corrected chi connectivity index (χ0v) is 13.2. The summed E-state index contributed by atoms with van der Waals surface area (Å²) in [5.41, 5.74) is -0.607. The van der Waals surface area contributed by atoms with Gasteiger partial charge in [-0.3, -0.25) is 0 Å². The van der Waals surface area contributed by atoms with E-state index in [2.05, 4.69) is 36.8 Å². The smallest absolute Gasteiger partial charge is 0.257 e. The van der Waals surface area contributed by atoms with Crippen molar-refractivity contribution in [3.05, 3.63) is 18.5 Å². The number of rotatable bonds is 4. The molecule has 1 saturated carbocycles. The molecule has 2 aromatic rings. The quantitative estimate of drug-likeness (QED) is 0.833. The minimum Gasteiger partial charge on any atom is -0.357 e. The molecule has 0 atom stereocenters. The monoisotopic (exact) mass is 312 g/mol. The van der Waals surface area contributed by atoms with Crippen LogP contribution in [-0.2, 0) is 0 Å². The number of anilines is 2. The third-order valence-corrected chi connectivity index (χ3v) is 4.08. The highest BCUT2D eigenvalue weighted by Gasteiger charge is 2.32. The molecule has 1 aliphatic rings. The van der Waals surface area contributed by atoms with Crippen molar-refractivity contribution in [1.82, 2.24) is 24.7 Å². The van der Waals surface area contributed by atoms with Gasteiger partial charge in [-0.2, -0.15) is 25.3 Å². The molecule has 2 aromatic heterocycles. The molecule has 0 amide bonds. The minimum absolute atomic E-state index is 0.401. The summed E-state index contributed by atoms with van der Waals surface area (Å²) in [6.07, 6.45) is 9.46. The van der Waals surface area contributed by atoms with E-state index in [0.717, 1.165) is 25.7 Å². The molecule has 0 spiro atoms. The van der Waals surface area contributed by atoms with E-state index in [1.165, 1.54) is 12.8 Å². The largest absolute Gasteiger partial charge is 0.357 e. The number of nitriles is 1. The van der Waals surface area contributed by atoms with E-state index in [-0.39, 0.29) is 0 Å². The number of aromatic nitrogens is 5. The molecule has 1 fully saturated rings. The zero-order chi connectivity index (χ0) is 16.1. The van der Waals surface area contributed by atoms with E-state index in [4.69, 9.17) is 0 Å². The Morgan fingerprint density at radius 1 is 1.13 bits per heavy atom. The van der Waals surface area contributed by atoms with Gasteiger partial charge in [-0.1, -0.05) is 25.7 Å². The van der Waals surface area contributed by atoms with Crippen LogP contribution >= 0.6 is 0 Å². The van der Waals surface area contributed by atoms with Gasteiger partial charge in [0, 0.05) is 19.4 Å². The number of nitrogens with zero attached hydrogens (tertiary/aromatic N) is 6. The van der Waals surface area contributed by atoms with Crippen molar-refractivity contribution < 1.29 is 0 Å². The number of hydrogen-bond donors (Lipinski definition) is 2. The molecule has 0 aromatic carbocycles. The Morgan fingerprint density at radius 2 is 1.87 bits per heavy atom. The molecular weight excluding hydrogens is 292 g/mol. The Kier molecular flexibility index (Phi) is 4.37. The molecule has 0 unspecified atom stereocenters. The molecule has 120 valence electrons. The fraction of sp³-hybridized carbons (Fsp3) is 0.533. The maximum Gasteiger partial charge on any atom is 0.257 e. The molecule has 0 bridgehead atoms. The van der Waals surface area contributed by atoms with Crippen LogP contribution in [-0.4, -0.2) is 37.3 Å². The maximum absolute atomic E-state index is 9.69. The molecule has 2 N–H and O–H groups in total. The van der Waals surface area contributed by atoms with Crippen LogP contribution in [0.25, 0.3) is 5.95 Å². The SMILES string of the molecule is CNc1nc(NC2(C#N)CCCCCC2)nc(-n2cccn2)n1. The minimum atomic E-state index is -0.607. The van der Waals surface area contributed by atoms with Gasteiger partial charge in [-0.05, 0) is 18.9 Å². The second kappa shape index (κ2) is 6.60. The van der Waals surface area contributed by atoms with Crippen LogP contribution in [0.2, 0.25) is 0 Å². The Balaban J connectivity index is 1.92. The van der Waals surface area contributed by atoms with Crippen LogP contribution in [0, 0.1) is 11.3 Å². The van der Waals surface area contributed by atoms with Crippen molar-refractivity contribution in [2.45, 2.75) is 44.1 Å². The van der Waals surface area contributed by atoms with Crippen molar-refractivity contribution in [2.24, 2.45) is 0 Å². The first-order valence-electron chi connectivity index (χ1n) is 7.88. The van der Waals surface area contributed by atoms with Crippen LogP contribution in [0.15, 0.2) is 18.5 Å². The predicted molar refractivity (Wildman–Crippen MR) is 86.2 cm³/mol. The van der Waals surface area contributed by atoms with Crippen molar-refractivity contribution in [2.75, 3.05) is 17.7 Å². The molecule has 0 aliphatic heterocycles. The lowest BCUT2D eigenvalue weighted by Crippen LogP contribution is -2.37. The normalized spacial score (nSPS) is 17.0. The third-order valence-electron chi connectivity index (χ3n) is 4.08. The van der Waals surface area contributed by atoms with E-state index in [1.54, 1.807) is 30.2 Å². The molecule has 0 radical (unpaired) electrons. The van der Waals surface area contributed by atoms with Crippen LogP contribution in [0.1, 0.15) is 38.5 Å². The predicted octanol–water partition coefficient (Wildman–Crippen LogP) is 2.13. The van der Waals surface area contributed by atoms with E-state index in [1.807, 2.05) is 0 Å². The van der Waals surface area contributed by atoms with Crippen LogP contribution < -0.4 is 10.6 Å². The van der Waals surface area contributed by atoms with Crippen molar-refractivity contribution in [3.63, 3.8) is 0 Å². The van der Waals surface area contributed by atoms with Gasteiger partial charge in [0.05, 0.1) is 6.07 Å². The molecular formula is C15H20N8. The maximum atomic E-state index is 9.69. The summed E-state index contributed by atoms with van der Waals surface area (Å²) in [6, 6.07) is 4.25. The summed E-state index contributed by atoms with van der Waals surface area (Å²) in [6.45, 7) is 0. The van der Waals surface area contributed by atoms with Crippen LogP contribution in [0.4, 0.5) is 11.9 Å². The first-order chi connectivity index (χ1) is 11.2. The lowest BCUT2D eigenvalue weighted by Gasteiger charge is -2.26. The summed E-state index contributed by atoms with van der Waals surface area (Å²) in [5, 5.41) is 20.0. The average molecular weight is 312 g/mol. The fourth-order valence-electron chi connectivity index (χ4n) is 2.83. The van der Waals surface area contributed by atoms with Gasteiger partial charge in [0.15, 0.2) is 0 Å².